The molecule has 18 heavy (non-hydrogen) atoms. The molecule has 4 nitrogen and oxygen atoms in total. The minimum absolute atomic E-state index is 0.334. The molecule has 0 saturated heterocycles. The number of hydrogen-bond acceptors (Lipinski definition) is 4. The number of aliphatic hydroxyl groups is 1. The van der Waals surface area contributed by atoms with Crippen molar-refractivity contribution in [3.05, 3.63) is 16.5 Å². The SMILES string of the molecule is CCc1nc(Br)cc(NCC(O)C(CC)CC)n1. The highest BCUT2D eigenvalue weighted by Gasteiger charge is 2.15. The van der Waals surface area contributed by atoms with Crippen molar-refractivity contribution in [1.82, 2.24) is 9.97 Å². The van der Waals surface area contributed by atoms with E-state index in [-0.39, 0.29) is 6.10 Å². The molecule has 0 aliphatic rings. The number of aryl methyl sites for hydroxylation is 1. The van der Waals surface area contributed by atoms with Crippen LogP contribution in [-0.2, 0) is 6.42 Å². The van der Waals surface area contributed by atoms with Gasteiger partial charge in [-0.2, -0.15) is 0 Å². The zero-order chi connectivity index (χ0) is 13.5. The van der Waals surface area contributed by atoms with Crippen LogP contribution in [0.2, 0.25) is 0 Å². The number of nitrogens with zero attached hydrogens (tertiary/aromatic N) is 2. The lowest BCUT2D eigenvalue weighted by Crippen LogP contribution is -2.28. The number of rotatable bonds is 7. The Balaban J connectivity index is 2.60. The van der Waals surface area contributed by atoms with Crippen LogP contribution in [-0.4, -0.2) is 27.7 Å². The molecule has 0 fully saturated rings. The molecular weight excluding hydrogens is 294 g/mol. The molecular formula is C13H22BrN3O. The Morgan fingerprint density at radius 3 is 2.50 bits per heavy atom. The van der Waals surface area contributed by atoms with Crippen molar-refractivity contribution < 1.29 is 5.11 Å². The second-order valence-electron chi connectivity index (χ2n) is 4.37. The number of nitrogens with one attached hydrogen (secondary N) is 1. The van der Waals surface area contributed by atoms with Gasteiger partial charge in [0, 0.05) is 19.0 Å². The third-order valence-corrected chi connectivity index (χ3v) is 3.55. The van der Waals surface area contributed by atoms with Crippen LogP contribution in [0.3, 0.4) is 0 Å². The molecule has 102 valence electrons. The number of aromatic nitrogens is 2. The third kappa shape index (κ3) is 4.53. The Morgan fingerprint density at radius 1 is 1.28 bits per heavy atom. The molecule has 0 spiro atoms. The monoisotopic (exact) mass is 315 g/mol. The molecule has 0 amide bonds. The highest BCUT2D eigenvalue weighted by molar-refractivity contribution is 9.10. The smallest absolute Gasteiger partial charge is 0.131 e. The molecule has 5 heteroatoms. The van der Waals surface area contributed by atoms with Gasteiger partial charge in [0.15, 0.2) is 0 Å². The second kappa shape index (κ2) is 7.69. The molecule has 1 atom stereocenters. The van der Waals surface area contributed by atoms with Crippen molar-refractivity contribution >= 4 is 21.7 Å². The van der Waals surface area contributed by atoms with Crippen LogP contribution >= 0.6 is 15.9 Å². The van der Waals surface area contributed by atoms with Gasteiger partial charge < -0.3 is 10.4 Å². The molecule has 0 radical (unpaired) electrons. The minimum Gasteiger partial charge on any atom is -0.391 e. The van der Waals surface area contributed by atoms with E-state index in [0.717, 1.165) is 35.5 Å². The van der Waals surface area contributed by atoms with Crippen LogP contribution in [0.4, 0.5) is 5.82 Å². The Bertz CT molecular complexity index is 369. The van der Waals surface area contributed by atoms with E-state index in [9.17, 15) is 5.11 Å². The molecule has 1 aromatic rings. The average Bonchev–Trinajstić information content (AvgIpc) is 2.37. The van der Waals surface area contributed by atoms with Crippen LogP contribution < -0.4 is 5.32 Å². The van der Waals surface area contributed by atoms with E-state index in [1.165, 1.54) is 0 Å². The van der Waals surface area contributed by atoms with Crippen LogP contribution in [0.25, 0.3) is 0 Å². The average molecular weight is 316 g/mol. The highest BCUT2D eigenvalue weighted by Crippen LogP contribution is 2.16. The largest absolute Gasteiger partial charge is 0.391 e. The number of hydrogen-bond donors (Lipinski definition) is 2. The first-order valence-corrected chi connectivity index (χ1v) is 7.35. The van der Waals surface area contributed by atoms with Crippen LogP contribution in [0.15, 0.2) is 10.7 Å². The molecule has 0 aliphatic heterocycles. The van der Waals surface area contributed by atoms with Crippen LogP contribution in [0.1, 0.15) is 39.4 Å². The molecule has 0 saturated carbocycles. The Hall–Kier alpha value is -0.680. The van der Waals surface area contributed by atoms with E-state index < -0.39 is 0 Å². The van der Waals surface area contributed by atoms with E-state index in [2.05, 4.69) is 45.1 Å². The van der Waals surface area contributed by atoms with Gasteiger partial charge in [-0.1, -0.05) is 33.6 Å². The van der Waals surface area contributed by atoms with Crippen molar-refractivity contribution in [2.45, 2.75) is 46.1 Å². The van der Waals surface area contributed by atoms with Crippen molar-refractivity contribution in [3.8, 4) is 0 Å². The first-order valence-electron chi connectivity index (χ1n) is 6.56. The molecule has 1 heterocycles. The molecule has 0 bridgehead atoms. The maximum atomic E-state index is 10.0. The number of anilines is 1. The van der Waals surface area contributed by atoms with Crippen LogP contribution in [0.5, 0.6) is 0 Å². The normalized spacial score (nSPS) is 12.8. The van der Waals surface area contributed by atoms with Gasteiger partial charge in [-0.15, -0.1) is 0 Å². The predicted molar refractivity (Wildman–Crippen MR) is 77.7 cm³/mol. The lowest BCUT2D eigenvalue weighted by Gasteiger charge is -2.20. The van der Waals surface area contributed by atoms with Gasteiger partial charge in [-0.25, -0.2) is 9.97 Å². The Kier molecular flexibility index (Phi) is 6.57. The van der Waals surface area contributed by atoms with E-state index in [4.69, 9.17) is 0 Å². The molecule has 0 aliphatic carbocycles. The maximum absolute atomic E-state index is 10.0. The summed E-state index contributed by atoms with van der Waals surface area (Å²) >= 11 is 3.36. The third-order valence-electron chi connectivity index (χ3n) is 3.14. The summed E-state index contributed by atoms with van der Waals surface area (Å²) in [6, 6.07) is 1.83. The topological polar surface area (TPSA) is 58.0 Å². The number of halogens is 1. The summed E-state index contributed by atoms with van der Waals surface area (Å²) in [6.45, 7) is 6.76. The lowest BCUT2D eigenvalue weighted by atomic mass is 9.97. The fourth-order valence-electron chi connectivity index (χ4n) is 1.92. The van der Waals surface area contributed by atoms with Crippen molar-refractivity contribution in [1.29, 1.82) is 0 Å². The maximum Gasteiger partial charge on any atom is 0.131 e. The summed E-state index contributed by atoms with van der Waals surface area (Å²) in [4.78, 5) is 8.62. The Labute approximate surface area is 117 Å². The zero-order valence-corrected chi connectivity index (χ0v) is 12.9. The van der Waals surface area contributed by atoms with Gasteiger partial charge >= 0.3 is 0 Å². The highest BCUT2D eigenvalue weighted by atomic mass is 79.9. The van der Waals surface area contributed by atoms with E-state index in [1.54, 1.807) is 0 Å². The molecule has 0 aromatic carbocycles. The van der Waals surface area contributed by atoms with E-state index in [1.807, 2.05) is 13.0 Å². The van der Waals surface area contributed by atoms with Gasteiger partial charge in [0.25, 0.3) is 0 Å². The second-order valence-corrected chi connectivity index (χ2v) is 5.18. The summed E-state index contributed by atoms with van der Waals surface area (Å²) in [7, 11) is 0. The molecule has 1 rings (SSSR count). The standard InChI is InChI=1S/C13H22BrN3O/c1-4-9(5-2)10(18)8-15-13-7-11(14)16-12(6-3)17-13/h7,9-10,18H,4-6,8H2,1-3H3,(H,15,16,17). The van der Waals surface area contributed by atoms with Gasteiger partial charge in [0.2, 0.25) is 0 Å². The molecule has 2 N–H and O–H groups in total. The van der Waals surface area contributed by atoms with E-state index in [0.29, 0.717) is 12.5 Å². The fraction of sp³-hybridized carbons (Fsp3) is 0.692. The first-order chi connectivity index (χ1) is 8.60. The quantitative estimate of drug-likeness (QED) is 0.759. The van der Waals surface area contributed by atoms with Gasteiger partial charge in [0.1, 0.15) is 16.2 Å². The summed E-state index contributed by atoms with van der Waals surface area (Å²) in [5.74, 6) is 1.90. The van der Waals surface area contributed by atoms with Gasteiger partial charge in [-0.3, -0.25) is 0 Å². The first kappa shape index (κ1) is 15.4. The summed E-state index contributed by atoms with van der Waals surface area (Å²) in [6.07, 6.45) is 2.45. The molecule has 1 aromatic heterocycles. The van der Waals surface area contributed by atoms with Gasteiger partial charge in [0.05, 0.1) is 6.10 Å². The predicted octanol–water partition coefficient (Wildman–Crippen LogP) is 3.01. The van der Waals surface area contributed by atoms with Gasteiger partial charge in [-0.05, 0) is 21.8 Å². The Morgan fingerprint density at radius 2 is 1.94 bits per heavy atom. The summed E-state index contributed by atoms with van der Waals surface area (Å²) in [5, 5.41) is 13.2. The lowest BCUT2D eigenvalue weighted by molar-refractivity contribution is 0.114. The zero-order valence-electron chi connectivity index (χ0n) is 11.3. The van der Waals surface area contributed by atoms with Crippen LogP contribution in [0, 0.1) is 5.92 Å². The minimum atomic E-state index is -0.334. The van der Waals surface area contributed by atoms with Crippen molar-refractivity contribution in [2.75, 3.05) is 11.9 Å². The fourth-order valence-corrected chi connectivity index (χ4v) is 2.34. The van der Waals surface area contributed by atoms with Crippen molar-refractivity contribution in [2.24, 2.45) is 5.92 Å². The van der Waals surface area contributed by atoms with Crippen molar-refractivity contribution in [3.63, 3.8) is 0 Å². The summed E-state index contributed by atoms with van der Waals surface area (Å²) < 4.78 is 0.772. The molecule has 1 unspecified atom stereocenters. The summed E-state index contributed by atoms with van der Waals surface area (Å²) in [5.41, 5.74) is 0. The number of aliphatic hydroxyl groups excluding tert-OH is 1. The van der Waals surface area contributed by atoms with E-state index >= 15 is 0 Å².